The van der Waals surface area contributed by atoms with Crippen LogP contribution in [-0.2, 0) is 9.84 Å². The normalized spacial score (nSPS) is 15.6. The summed E-state index contributed by atoms with van der Waals surface area (Å²) >= 11 is 0. The Morgan fingerprint density at radius 3 is 2.52 bits per heavy atom. The Hall–Kier alpha value is -2.67. The van der Waals surface area contributed by atoms with E-state index in [1.165, 1.54) is 18.1 Å². The SMILES string of the molecule is Cc1ccc(C)c(OC2CCN(c3ncnc4ccc(S(C)(=O)=O)cc34)CC2)c1. The molecule has 4 rings (SSSR count). The van der Waals surface area contributed by atoms with Gasteiger partial charge in [0, 0.05) is 37.6 Å². The van der Waals surface area contributed by atoms with E-state index in [-0.39, 0.29) is 11.0 Å². The number of rotatable bonds is 4. The van der Waals surface area contributed by atoms with Gasteiger partial charge in [-0.25, -0.2) is 18.4 Å². The molecule has 6 nitrogen and oxygen atoms in total. The first kappa shape index (κ1) is 19.6. The van der Waals surface area contributed by atoms with Gasteiger partial charge in [-0.05, 0) is 49.2 Å². The third-order valence-electron chi connectivity index (χ3n) is 5.39. The lowest BCUT2D eigenvalue weighted by Gasteiger charge is -2.33. The van der Waals surface area contributed by atoms with E-state index in [1.54, 1.807) is 18.2 Å². The van der Waals surface area contributed by atoms with Gasteiger partial charge in [-0.1, -0.05) is 12.1 Å². The van der Waals surface area contributed by atoms with Crippen molar-refractivity contribution in [2.45, 2.75) is 37.7 Å². The zero-order chi connectivity index (χ0) is 20.6. The summed E-state index contributed by atoms with van der Waals surface area (Å²) in [6.07, 6.45) is 4.67. The number of nitrogens with zero attached hydrogens (tertiary/aromatic N) is 3. The molecule has 0 atom stereocenters. The molecule has 1 aliphatic rings. The van der Waals surface area contributed by atoms with Gasteiger partial charge >= 0.3 is 0 Å². The number of anilines is 1. The minimum absolute atomic E-state index is 0.159. The Morgan fingerprint density at radius 1 is 1.03 bits per heavy atom. The number of aromatic nitrogens is 2. The van der Waals surface area contributed by atoms with E-state index < -0.39 is 9.84 Å². The molecule has 3 aromatic rings. The van der Waals surface area contributed by atoms with Gasteiger partial charge in [-0.2, -0.15) is 0 Å². The molecule has 0 unspecified atom stereocenters. The number of piperidine rings is 1. The van der Waals surface area contributed by atoms with Crippen LogP contribution in [0.5, 0.6) is 5.75 Å². The topological polar surface area (TPSA) is 72.4 Å². The summed E-state index contributed by atoms with van der Waals surface area (Å²) in [7, 11) is -3.29. The molecule has 1 saturated heterocycles. The molecule has 7 heteroatoms. The minimum Gasteiger partial charge on any atom is -0.490 e. The maximum atomic E-state index is 12.0. The predicted octanol–water partition coefficient (Wildman–Crippen LogP) is 3.70. The van der Waals surface area contributed by atoms with Crippen molar-refractivity contribution in [1.29, 1.82) is 0 Å². The molecular formula is C22H25N3O3S. The van der Waals surface area contributed by atoms with E-state index >= 15 is 0 Å². The first-order valence-electron chi connectivity index (χ1n) is 9.75. The molecule has 2 aromatic carbocycles. The highest BCUT2D eigenvalue weighted by atomic mass is 32.2. The van der Waals surface area contributed by atoms with Crippen LogP contribution in [0.1, 0.15) is 24.0 Å². The van der Waals surface area contributed by atoms with Gasteiger partial charge in [0.15, 0.2) is 9.84 Å². The third-order valence-corrected chi connectivity index (χ3v) is 6.50. The predicted molar refractivity (Wildman–Crippen MR) is 114 cm³/mol. The first-order valence-corrected chi connectivity index (χ1v) is 11.6. The van der Waals surface area contributed by atoms with Crippen LogP contribution in [0.25, 0.3) is 10.9 Å². The van der Waals surface area contributed by atoms with Gasteiger partial charge in [0.25, 0.3) is 0 Å². The van der Waals surface area contributed by atoms with Gasteiger partial charge in [0.2, 0.25) is 0 Å². The molecule has 29 heavy (non-hydrogen) atoms. The average Bonchev–Trinajstić information content (AvgIpc) is 2.70. The van der Waals surface area contributed by atoms with E-state index in [1.807, 2.05) is 0 Å². The van der Waals surface area contributed by atoms with Gasteiger partial charge in [-0.3, -0.25) is 0 Å². The lowest BCUT2D eigenvalue weighted by molar-refractivity contribution is 0.169. The van der Waals surface area contributed by atoms with Gasteiger partial charge in [0.05, 0.1) is 10.4 Å². The fraction of sp³-hybridized carbons (Fsp3) is 0.364. The summed E-state index contributed by atoms with van der Waals surface area (Å²) in [5, 5.41) is 0.768. The van der Waals surface area contributed by atoms with Crippen molar-refractivity contribution < 1.29 is 13.2 Å². The highest BCUT2D eigenvalue weighted by molar-refractivity contribution is 7.90. The number of benzene rings is 2. The highest BCUT2D eigenvalue weighted by Crippen LogP contribution is 2.29. The molecule has 1 aliphatic heterocycles. The summed E-state index contributed by atoms with van der Waals surface area (Å²) in [5.74, 6) is 1.74. The number of sulfone groups is 1. The van der Waals surface area contributed by atoms with Crippen LogP contribution in [-0.4, -0.2) is 43.8 Å². The molecule has 0 saturated carbocycles. The van der Waals surface area contributed by atoms with Gasteiger partial charge < -0.3 is 9.64 Å². The zero-order valence-electron chi connectivity index (χ0n) is 16.9. The Bertz CT molecular complexity index is 1150. The molecule has 0 bridgehead atoms. The Kier molecular flexibility index (Phi) is 5.17. The molecule has 0 N–H and O–H groups in total. The fourth-order valence-electron chi connectivity index (χ4n) is 3.70. The quantitative estimate of drug-likeness (QED) is 0.652. The first-order chi connectivity index (χ1) is 13.8. The Morgan fingerprint density at radius 2 is 1.79 bits per heavy atom. The molecule has 2 heterocycles. The number of fused-ring (bicyclic) bond motifs is 1. The lowest BCUT2D eigenvalue weighted by Crippen LogP contribution is -2.39. The number of hydrogen-bond donors (Lipinski definition) is 0. The fourth-order valence-corrected chi connectivity index (χ4v) is 4.35. The molecule has 0 spiro atoms. The molecule has 1 fully saturated rings. The number of hydrogen-bond acceptors (Lipinski definition) is 6. The maximum Gasteiger partial charge on any atom is 0.175 e. The maximum absolute atomic E-state index is 12.0. The smallest absolute Gasteiger partial charge is 0.175 e. The van der Waals surface area contributed by atoms with Crippen molar-refractivity contribution in [3.63, 3.8) is 0 Å². The Balaban J connectivity index is 1.54. The van der Waals surface area contributed by atoms with Crippen molar-refractivity contribution in [2.24, 2.45) is 0 Å². The monoisotopic (exact) mass is 411 g/mol. The van der Waals surface area contributed by atoms with E-state index in [9.17, 15) is 8.42 Å². The molecule has 152 valence electrons. The average molecular weight is 412 g/mol. The number of aryl methyl sites for hydroxylation is 2. The number of ether oxygens (including phenoxy) is 1. The second-order valence-corrected chi connectivity index (χ2v) is 9.74. The van der Waals surface area contributed by atoms with Crippen LogP contribution in [0.2, 0.25) is 0 Å². The summed E-state index contributed by atoms with van der Waals surface area (Å²) in [4.78, 5) is 11.2. The van der Waals surface area contributed by atoms with Crippen molar-refractivity contribution in [3.05, 3.63) is 53.9 Å². The summed E-state index contributed by atoms with van der Waals surface area (Å²) in [6, 6.07) is 11.3. The van der Waals surface area contributed by atoms with E-state index in [2.05, 4.69) is 46.9 Å². The van der Waals surface area contributed by atoms with Crippen LogP contribution in [0.3, 0.4) is 0 Å². The molecule has 0 aliphatic carbocycles. The van der Waals surface area contributed by atoms with Crippen molar-refractivity contribution >= 4 is 26.6 Å². The zero-order valence-corrected chi connectivity index (χ0v) is 17.7. The van der Waals surface area contributed by atoms with Crippen LogP contribution in [0.15, 0.2) is 47.6 Å². The van der Waals surface area contributed by atoms with Crippen molar-refractivity contribution in [2.75, 3.05) is 24.2 Å². The van der Waals surface area contributed by atoms with Gasteiger partial charge in [0.1, 0.15) is 24.0 Å². The van der Waals surface area contributed by atoms with Crippen molar-refractivity contribution in [3.8, 4) is 5.75 Å². The second kappa shape index (κ2) is 7.63. The van der Waals surface area contributed by atoms with Crippen molar-refractivity contribution in [1.82, 2.24) is 9.97 Å². The van der Waals surface area contributed by atoms with Gasteiger partial charge in [-0.15, -0.1) is 0 Å². The molecule has 0 radical (unpaired) electrons. The molecular weight excluding hydrogens is 386 g/mol. The largest absolute Gasteiger partial charge is 0.490 e. The second-order valence-electron chi connectivity index (χ2n) is 7.72. The summed E-state index contributed by atoms with van der Waals surface area (Å²) in [5.41, 5.74) is 3.08. The lowest BCUT2D eigenvalue weighted by atomic mass is 10.1. The summed E-state index contributed by atoms with van der Waals surface area (Å²) < 4.78 is 30.2. The molecule has 1 aromatic heterocycles. The van der Waals surface area contributed by atoms with Crippen LogP contribution in [0.4, 0.5) is 5.82 Å². The molecule has 0 amide bonds. The highest BCUT2D eigenvalue weighted by Gasteiger charge is 2.24. The van der Waals surface area contributed by atoms with E-state index in [4.69, 9.17) is 4.74 Å². The summed E-state index contributed by atoms with van der Waals surface area (Å²) in [6.45, 7) is 5.73. The van der Waals surface area contributed by atoms with E-state index in [0.29, 0.717) is 0 Å². The standard InChI is InChI=1S/C22H25N3O3S/c1-15-4-5-16(2)21(12-15)28-17-8-10-25(11-9-17)22-19-13-18(29(3,26)27)6-7-20(19)23-14-24-22/h4-7,12-14,17H,8-11H2,1-3H3. The van der Waals surface area contributed by atoms with Crippen LogP contribution in [0, 0.1) is 13.8 Å². The third kappa shape index (κ3) is 4.19. The minimum atomic E-state index is -3.29. The van der Waals surface area contributed by atoms with Crippen LogP contribution >= 0.6 is 0 Å². The van der Waals surface area contributed by atoms with E-state index in [0.717, 1.165) is 54.0 Å². The van der Waals surface area contributed by atoms with Crippen LogP contribution < -0.4 is 9.64 Å². The Labute approximate surface area is 171 Å².